The van der Waals surface area contributed by atoms with E-state index in [1.54, 1.807) is 37.1 Å². The molecule has 0 amide bonds. The van der Waals surface area contributed by atoms with Crippen LogP contribution in [-0.2, 0) is 6.54 Å². The minimum absolute atomic E-state index is 0.0192. The van der Waals surface area contributed by atoms with Crippen molar-refractivity contribution in [3.63, 3.8) is 0 Å². The number of nitrogens with zero attached hydrogens (tertiary/aromatic N) is 1. The minimum Gasteiger partial charge on any atom is -0.493 e. The number of aryl methyl sites for hydroxylation is 2. The molecule has 0 aliphatic rings. The highest BCUT2D eigenvalue weighted by Gasteiger charge is 2.14. The summed E-state index contributed by atoms with van der Waals surface area (Å²) in [5.74, 6) is 2.76. The molecule has 0 saturated carbocycles. The van der Waals surface area contributed by atoms with E-state index in [0.717, 1.165) is 22.7 Å². The topological polar surface area (TPSA) is 60.7 Å². The summed E-state index contributed by atoms with van der Waals surface area (Å²) in [6.45, 7) is 6.17. The predicted octanol–water partition coefficient (Wildman–Crippen LogP) is 3.30. The Balaban J connectivity index is 2.23. The molecule has 1 aromatic carbocycles. The van der Waals surface area contributed by atoms with Crippen LogP contribution in [0.4, 0.5) is 0 Å². The van der Waals surface area contributed by atoms with E-state index in [0.29, 0.717) is 24.0 Å². The Hall–Kier alpha value is -1.92. The number of hydrogen-bond donors (Lipinski definition) is 1. The average Bonchev–Trinajstić information content (AvgIpc) is 2.58. The number of rotatable bonds is 8. The molecule has 25 heavy (non-hydrogen) atoms. The van der Waals surface area contributed by atoms with Crippen molar-refractivity contribution < 1.29 is 14.6 Å². The van der Waals surface area contributed by atoms with Gasteiger partial charge >= 0.3 is 0 Å². The Morgan fingerprint density at radius 1 is 1.16 bits per heavy atom. The Kier molecular flexibility index (Phi) is 6.96. The summed E-state index contributed by atoms with van der Waals surface area (Å²) in [5.41, 5.74) is 2.38. The van der Waals surface area contributed by atoms with Crippen molar-refractivity contribution in [3.8, 4) is 11.5 Å². The quantitative estimate of drug-likeness (QED) is 0.576. The molecule has 0 spiro atoms. The van der Waals surface area contributed by atoms with Crippen LogP contribution in [0.5, 0.6) is 11.5 Å². The normalized spacial score (nSPS) is 12.0. The summed E-state index contributed by atoms with van der Waals surface area (Å²) >= 11 is 1.67. The molecule has 0 aliphatic carbocycles. The Morgan fingerprint density at radius 2 is 1.84 bits per heavy atom. The number of methoxy groups -OCH3 is 1. The summed E-state index contributed by atoms with van der Waals surface area (Å²) in [6.07, 6.45) is -0.716. The smallest absolute Gasteiger partial charge is 0.182 e. The van der Waals surface area contributed by atoms with Crippen LogP contribution >= 0.6 is 11.8 Å². The fraction of sp³-hybridized carbons (Fsp3) is 0.421. The van der Waals surface area contributed by atoms with Crippen LogP contribution < -0.4 is 14.9 Å². The van der Waals surface area contributed by atoms with Gasteiger partial charge in [0.15, 0.2) is 16.9 Å². The molecule has 2 rings (SSSR count). The van der Waals surface area contributed by atoms with Crippen LogP contribution in [0.1, 0.15) is 30.0 Å². The maximum atomic E-state index is 11.6. The van der Waals surface area contributed by atoms with Gasteiger partial charge in [-0.05, 0) is 37.3 Å². The number of thioether (sulfide) groups is 1. The standard InChI is InChI=1S/C19H25NO4S/c1-5-25-12-24-19-10-15(6-7-18(19)23-4)17(22)11-20-13(2)8-16(21)9-14(20)3/h6-10,17,22H,5,11-12H2,1-4H3. The van der Waals surface area contributed by atoms with Gasteiger partial charge in [0.2, 0.25) is 0 Å². The van der Waals surface area contributed by atoms with Gasteiger partial charge in [-0.1, -0.05) is 13.0 Å². The number of aliphatic hydroxyl groups is 1. The summed E-state index contributed by atoms with van der Waals surface area (Å²) in [6, 6.07) is 8.59. The van der Waals surface area contributed by atoms with Gasteiger partial charge in [0, 0.05) is 23.5 Å². The zero-order chi connectivity index (χ0) is 18.4. The largest absolute Gasteiger partial charge is 0.493 e. The van der Waals surface area contributed by atoms with Crippen LogP contribution in [0.3, 0.4) is 0 Å². The third-order valence-corrected chi connectivity index (χ3v) is 4.68. The highest BCUT2D eigenvalue weighted by Crippen LogP contribution is 2.31. The zero-order valence-corrected chi connectivity index (χ0v) is 15.9. The lowest BCUT2D eigenvalue weighted by Crippen LogP contribution is -2.17. The second kappa shape index (κ2) is 8.97. The third kappa shape index (κ3) is 5.03. The molecule has 1 heterocycles. The molecular formula is C19H25NO4S. The summed E-state index contributed by atoms with van der Waals surface area (Å²) < 4.78 is 13.0. The summed E-state index contributed by atoms with van der Waals surface area (Å²) in [5, 5.41) is 10.7. The first-order valence-corrected chi connectivity index (χ1v) is 9.36. The SMILES string of the molecule is CCSCOc1cc(C(O)Cn2c(C)cc(=O)cc2C)ccc1OC. The number of aromatic nitrogens is 1. The van der Waals surface area contributed by atoms with Gasteiger partial charge in [-0.25, -0.2) is 0 Å². The first kappa shape index (κ1) is 19.4. The van der Waals surface area contributed by atoms with E-state index < -0.39 is 6.10 Å². The monoisotopic (exact) mass is 363 g/mol. The van der Waals surface area contributed by atoms with E-state index in [-0.39, 0.29) is 5.43 Å². The van der Waals surface area contributed by atoms with Crippen LogP contribution in [-0.4, -0.2) is 28.5 Å². The molecule has 0 bridgehead atoms. The van der Waals surface area contributed by atoms with E-state index in [2.05, 4.69) is 6.92 Å². The Morgan fingerprint density at radius 3 is 2.44 bits per heavy atom. The number of pyridine rings is 1. The highest BCUT2D eigenvalue weighted by atomic mass is 32.2. The highest BCUT2D eigenvalue weighted by molar-refractivity contribution is 7.99. The van der Waals surface area contributed by atoms with Crippen LogP contribution in [0.25, 0.3) is 0 Å². The molecule has 5 nitrogen and oxygen atoms in total. The predicted molar refractivity (Wildman–Crippen MR) is 102 cm³/mol. The van der Waals surface area contributed by atoms with Crippen LogP contribution in [0, 0.1) is 13.8 Å². The third-order valence-electron chi connectivity index (χ3n) is 3.98. The van der Waals surface area contributed by atoms with Crippen molar-refractivity contribution >= 4 is 11.8 Å². The van der Waals surface area contributed by atoms with E-state index in [4.69, 9.17) is 9.47 Å². The molecule has 0 aliphatic heterocycles. The summed E-state index contributed by atoms with van der Waals surface area (Å²) in [4.78, 5) is 11.6. The van der Waals surface area contributed by atoms with Gasteiger partial charge < -0.3 is 19.1 Å². The first-order chi connectivity index (χ1) is 12.0. The van der Waals surface area contributed by atoms with E-state index in [1.165, 1.54) is 0 Å². The van der Waals surface area contributed by atoms with Gasteiger partial charge in [-0.3, -0.25) is 4.79 Å². The molecular weight excluding hydrogens is 338 g/mol. The van der Waals surface area contributed by atoms with Gasteiger partial charge in [0.25, 0.3) is 0 Å². The van der Waals surface area contributed by atoms with Crippen molar-refractivity contribution in [3.05, 3.63) is 57.5 Å². The zero-order valence-electron chi connectivity index (χ0n) is 15.1. The molecule has 136 valence electrons. The first-order valence-electron chi connectivity index (χ1n) is 8.21. The minimum atomic E-state index is -0.716. The second-order valence-electron chi connectivity index (χ2n) is 5.77. The van der Waals surface area contributed by atoms with E-state index >= 15 is 0 Å². The molecule has 0 saturated heterocycles. The average molecular weight is 363 g/mol. The number of benzene rings is 1. The van der Waals surface area contributed by atoms with E-state index in [9.17, 15) is 9.90 Å². The molecule has 2 aromatic rings. The Labute approximate surface area is 152 Å². The second-order valence-corrected chi connectivity index (χ2v) is 6.99. The molecule has 0 fully saturated rings. The Bertz CT molecular complexity index is 746. The van der Waals surface area contributed by atoms with E-state index in [1.807, 2.05) is 30.5 Å². The van der Waals surface area contributed by atoms with Gasteiger partial charge in [0.05, 0.1) is 19.8 Å². The molecule has 1 atom stereocenters. The van der Waals surface area contributed by atoms with Crippen molar-refractivity contribution in [2.45, 2.75) is 33.4 Å². The maximum Gasteiger partial charge on any atom is 0.182 e. The van der Waals surface area contributed by atoms with Gasteiger partial charge in [0.1, 0.15) is 5.94 Å². The molecule has 1 N–H and O–H groups in total. The van der Waals surface area contributed by atoms with Crippen LogP contribution in [0.2, 0.25) is 0 Å². The lowest BCUT2D eigenvalue weighted by molar-refractivity contribution is 0.154. The lowest BCUT2D eigenvalue weighted by Gasteiger charge is -2.20. The fourth-order valence-electron chi connectivity index (χ4n) is 2.66. The molecule has 0 radical (unpaired) electrons. The van der Waals surface area contributed by atoms with Crippen molar-refractivity contribution in [2.75, 3.05) is 18.8 Å². The van der Waals surface area contributed by atoms with Crippen molar-refractivity contribution in [1.82, 2.24) is 4.57 Å². The fourth-order valence-corrected chi connectivity index (χ4v) is 3.03. The number of aliphatic hydroxyl groups excluding tert-OH is 1. The summed E-state index contributed by atoms with van der Waals surface area (Å²) in [7, 11) is 1.60. The maximum absolute atomic E-state index is 11.6. The molecule has 1 unspecified atom stereocenters. The van der Waals surface area contributed by atoms with Crippen LogP contribution in [0.15, 0.2) is 35.1 Å². The van der Waals surface area contributed by atoms with Crippen molar-refractivity contribution in [2.24, 2.45) is 0 Å². The number of ether oxygens (including phenoxy) is 2. The van der Waals surface area contributed by atoms with Gasteiger partial charge in [-0.15, -0.1) is 11.8 Å². The lowest BCUT2D eigenvalue weighted by atomic mass is 10.1. The number of hydrogen-bond acceptors (Lipinski definition) is 5. The van der Waals surface area contributed by atoms with Gasteiger partial charge in [-0.2, -0.15) is 0 Å². The van der Waals surface area contributed by atoms with Crippen molar-refractivity contribution in [1.29, 1.82) is 0 Å². The molecule has 6 heteroatoms. The molecule has 1 aromatic heterocycles.